The van der Waals surface area contributed by atoms with Gasteiger partial charge in [-0.1, -0.05) is 81.9 Å². The Kier molecular flexibility index (Phi) is 15.3. The highest BCUT2D eigenvalue weighted by Gasteiger charge is 2.03. The Labute approximate surface area is 142 Å². The average Bonchev–Trinajstić information content (AvgIpc) is 2.47. The molecule has 0 heterocycles. The Morgan fingerprint density at radius 3 is 1.74 bits per heavy atom. The van der Waals surface area contributed by atoms with Crippen molar-refractivity contribution < 1.29 is 13.2 Å². The van der Waals surface area contributed by atoms with Gasteiger partial charge in [-0.2, -0.15) is 8.42 Å². The Bertz CT molecular complexity index is 416. The number of carbonyl (C=O) groups excluding carboxylic acids is 1. The minimum absolute atomic E-state index is 0.699. The van der Waals surface area contributed by atoms with E-state index in [1.807, 2.05) is 0 Å². The van der Waals surface area contributed by atoms with Gasteiger partial charge in [-0.25, -0.2) is 9.80 Å². The zero-order valence-corrected chi connectivity index (χ0v) is 15.5. The van der Waals surface area contributed by atoms with Crippen LogP contribution < -0.4 is 5.43 Å². The van der Waals surface area contributed by atoms with E-state index in [-0.39, 0.29) is 0 Å². The summed E-state index contributed by atoms with van der Waals surface area (Å²) in [6, 6.07) is -0.847. The number of urea groups is 1. The molecule has 2 amide bonds. The molecule has 7 heteroatoms. The normalized spacial score (nSPS) is 10.7. The topological polar surface area (TPSA) is 78.8 Å². The number of rotatable bonds is 14. The zero-order valence-electron chi connectivity index (χ0n) is 14.7. The van der Waals surface area contributed by atoms with E-state index in [0.717, 1.165) is 12.8 Å². The highest BCUT2D eigenvalue weighted by molar-refractivity contribution is 7.62. The molecule has 0 aromatic rings. The van der Waals surface area contributed by atoms with E-state index >= 15 is 0 Å². The van der Waals surface area contributed by atoms with E-state index in [4.69, 9.17) is 0 Å². The molecule has 0 radical (unpaired) electrons. The standard InChI is InChI=1S/C16H33N3O3S/c1-3-4-5-6-7-8-9-10-11-12-13-14-15-19(2)17-16(20)18-23(21)22/h3-15H2,1-2H3,(H,17,20). The number of hydrogen-bond acceptors (Lipinski definition) is 4. The van der Waals surface area contributed by atoms with Crippen molar-refractivity contribution in [3.05, 3.63) is 0 Å². The summed E-state index contributed by atoms with van der Waals surface area (Å²) < 4.78 is 23.3. The van der Waals surface area contributed by atoms with Gasteiger partial charge in [0.25, 0.3) is 0 Å². The first-order chi connectivity index (χ1) is 11.1. The second kappa shape index (κ2) is 15.9. The minimum Gasteiger partial charge on any atom is -0.268 e. The van der Waals surface area contributed by atoms with Crippen molar-refractivity contribution in [1.29, 1.82) is 0 Å². The summed E-state index contributed by atoms with van der Waals surface area (Å²) in [5, 5.41) is 1.58. The van der Waals surface area contributed by atoms with E-state index in [9.17, 15) is 13.2 Å². The SMILES string of the molecule is CCCCCCCCCCCCCCN(C)NC(=O)N=S(=O)=O. The van der Waals surface area contributed by atoms with Crippen LogP contribution in [0.3, 0.4) is 0 Å². The summed E-state index contributed by atoms with van der Waals surface area (Å²) in [7, 11) is -0.984. The molecular weight excluding hydrogens is 314 g/mol. The average molecular weight is 348 g/mol. The molecule has 6 nitrogen and oxygen atoms in total. The van der Waals surface area contributed by atoms with Crippen LogP contribution in [0.4, 0.5) is 4.79 Å². The molecule has 0 spiro atoms. The summed E-state index contributed by atoms with van der Waals surface area (Å²) in [4.78, 5) is 11.1. The third kappa shape index (κ3) is 17.2. The number of nitrogens with zero attached hydrogens (tertiary/aromatic N) is 2. The molecule has 0 aromatic heterocycles. The number of unbranched alkanes of at least 4 members (excludes halogenated alkanes) is 11. The first-order valence-electron chi connectivity index (χ1n) is 8.89. The predicted molar refractivity (Wildman–Crippen MR) is 93.6 cm³/mol. The first-order valence-corrected chi connectivity index (χ1v) is 9.92. The maximum atomic E-state index is 11.1. The molecular formula is C16H33N3O3S. The Morgan fingerprint density at radius 1 is 0.870 bits per heavy atom. The summed E-state index contributed by atoms with van der Waals surface area (Å²) >= 11 is 0. The lowest BCUT2D eigenvalue weighted by molar-refractivity contribution is 0.204. The smallest absolute Gasteiger partial charge is 0.268 e. The van der Waals surface area contributed by atoms with Crippen LogP contribution in [0.25, 0.3) is 0 Å². The van der Waals surface area contributed by atoms with E-state index in [1.165, 1.54) is 64.2 Å². The van der Waals surface area contributed by atoms with Crippen LogP contribution in [0.5, 0.6) is 0 Å². The molecule has 0 aromatic carbocycles. The summed E-state index contributed by atoms with van der Waals surface area (Å²) in [6.45, 7) is 2.94. The van der Waals surface area contributed by atoms with Gasteiger partial charge in [0.2, 0.25) is 0 Å². The second-order valence-corrected chi connectivity index (χ2v) is 6.65. The maximum absolute atomic E-state index is 11.1. The summed E-state index contributed by atoms with van der Waals surface area (Å²) in [6.07, 6.45) is 15.5. The van der Waals surface area contributed by atoms with Crippen LogP contribution in [0.2, 0.25) is 0 Å². The Balaban J connectivity index is 3.32. The monoisotopic (exact) mass is 347 g/mol. The predicted octanol–water partition coefficient (Wildman–Crippen LogP) is 4.31. The van der Waals surface area contributed by atoms with E-state index in [0.29, 0.717) is 6.54 Å². The lowest BCUT2D eigenvalue weighted by Crippen LogP contribution is -2.38. The highest BCUT2D eigenvalue weighted by Crippen LogP contribution is 2.11. The van der Waals surface area contributed by atoms with Gasteiger partial charge < -0.3 is 0 Å². The number of amides is 2. The van der Waals surface area contributed by atoms with Crippen molar-refractivity contribution in [2.75, 3.05) is 13.6 Å². The molecule has 1 N–H and O–H groups in total. The van der Waals surface area contributed by atoms with Crippen LogP contribution in [0.15, 0.2) is 4.36 Å². The molecule has 136 valence electrons. The van der Waals surface area contributed by atoms with Gasteiger partial charge in [-0.15, -0.1) is 0 Å². The molecule has 0 unspecified atom stereocenters. The van der Waals surface area contributed by atoms with Crippen LogP contribution in [-0.2, 0) is 10.5 Å². The lowest BCUT2D eigenvalue weighted by Gasteiger charge is -2.15. The zero-order chi connectivity index (χ0) is 17.3. The fraction of sp³-hybridized carbons (Fsp3) is 0.938. The fourth-order valence-electron chi connectivity index (χ4n) is 2.50. The number of hydrazine groups is 1. The van der Waals surface area contributed by atoms with Gasteiger partial charge in [0.1, 0.15) is 0 Å². The Morgan fingerprint density at radius 2 is 1.30 bits per heavy atom. The molecule has 0 aliphatic rings. The highest BCUT2D eigenvalue weighted by atomic mass is 32.2. The molecule has 23 heavy (non-hydrogen) atoms. The van der Waals surface area contributed by atoms with E-state index in [1.54, 1.807) is 12.1 Å². The number of hydrogen-bond donors (Lipinski definition) is 1. The van der Waals surface area contributed by atoms with Gasteiger partial charge in [0, 0.05) is 13.6 Å². The molecule has 0 aliphatic heterocycles. The molecule has 0 saturated heterocycles. The van der Waals surface area contributed by atoms with E-state index < -0.39 is 16.5 Å². The van der Waals surface area contributed by atoms with Crippen molar-refractivity contribution in [2.24, 2.45) is 4.36 Å². The maximum Gasteiger partial charge on any atom is 0.370 e. The molecule has 0 bridgehead atoms. The van der Waals surface area contributed by atoms with Crippen molar-refractivity contribution in [3.63, 3.8) is 0 Å². The first kappa shape index (κ1) is 22.1. The van der Waals surface area contributed by atoms with Crippen molar-refractivity contribution in [3.8, 4) is 0 Å². The van der Waals surface area contributed by atoms with Crippen LogP contribution in [-0.4, -0.2) is 33.1 Å². The third-order valence-electron chi connectivity index (χ3n) is 3.79. The number of carbonyl (C=O) groups is 1. The molecule has 0 fully saturated rings. The molecule has 0 saturated carbocycles. The van der Waals surface area contributed by atoms with Crippen molar-refractivity contribution in [2.45, 2.75) is 84.0 Å². The van der Waals surface area contributed by atoms with Crippen LogP contribution in [0.1, 0.15) is 84.0 Å². The fourth-order valence-corrected chi connectivity index (χ4v) is 2.67. The van der Waals surface area contributed by atoms with Gasteiger partial charge in [0.15, 0.2) is 0 Å². The lowest BCUT2D eigenvalue weighted by atomic mass is 10.1. The number of nitrogens with one attached hydrogen (secondary N) is 1. The molecule has 0 rings (SSSR count). The molecule has 0 atom stereocenters. The minimum atomic E-state index is -2.69. The van der Waals surface area contributed by atoms with Crippen molar-refractivity contribution in [1.82, 2.24) is 10.4 Å². The van der Waals surface area contributed by atoms with Gasteiger partial charge in [0.05, 0.1) is 0 Å². The summed E-state index contributed by atoms with van der Waals surface area (Å²) in [5.41, 5.74) is 2.39. The van der Waals surface area contributed by atoms with Gasteiger partial charge in [-0.3, -0.25) is 5.43 Å². The Hall–Kier alpha value is -0.950. The van der Waals surface area contributed by atoms with Crippen molar-refractivity contribution >= 4 is 16.5 Å². The largest absolute Gasteiger partial charge is 0.370 e. The van der Waals surface area contributed by atoms with Gasteiger partial charge in [-0.05, 0) is 6.42 Å². The second-order valence-electron chi connectivity index (χ2n) is 6.04. The van der Waals surface area contributed by atoms with Crippen LogP contribution in [0, 0.1) is 0 Å². The molecule has 0 aliphatic carbocycles. The van der Waals surface area contributed by atoms with E-state index in [2.05, 4.69) is 16.7 Å². The van der Waals surface area contributed by atoms with Gasteiger partial charge >= 0.3 is 16.5 Å². The van der Waals surface area contributed by atoms with Crippen LogP contribution >= 0.6 is 0 Å². The third-order valence-corrected chi connectivity index (χ3v) is 4.11. The summed E-state index contributed by atoms with van der Waals surface area (Å²) in [5.74, 6) is 0. The quantitative estimate of drug-likeness (QED) is 0.375.